The number of carbonyl (C=O) groups is 1. The summed E-state index contributed by atoms with van der Waals surface area (Å²) in [6.07, 6.45) is 4.23. The molecule has 34 heavy (non-hydrogen) atoms. The first kappa shape index (κ1) is 25.0. The molecule has 0 radical (unpaired) electrons. The topological polar surface area (TPSA) is 157 Å². The number of hydrogen-bond acceptors (Lipinski definition) is 9. The molecule has 1 heterocycles. The molecule has 184 valence electrons. The lowest BCUT2D eigenvalue weighted by Crippen LogP contribution is -2.41. The lowest BCUT2D eigenvalue weighted by Gasteiger charge is -2.30. The third kappa shape index (κ3) is 7.75. The summed E-state index contributed by atoms with van der Waals surface area (Å²) in [5, 5.41) is 20.6. The van der Waals surface area contributed by atoms with Crippen LogP contribution in [0.25, 0.3) is 0 Å². The van der Waals surface area contributed by atoms with Crippen LogP contribution in [0.15, 0.2) is 30.5 Å². The lowest BCUT2D eigenvalue weighted by molar-refractivity contribution is -0.384. The summed E-state index contributed by atoms with van der Waals surface area (Å²) < 4.78 is 5.32. The SMILES string of the molecule is CC(C)(C)OC(=O)NC1CCC(CNc2nc(NCc3ccc(N)cc3)ncc2[N+](=O)[O-])CC1. The van der Waals surface area contributed by atoms with Crippen LogP contribution in [-0.4, -0.2) is 39.2 Å². The van der Waals surface area contributed by atoms with E-state index in [9.17, 15) is 14.9 Å². The van der Waals surface area contributed by atoms with Crippen LogP contribution in [0, 0.1) is 16.0 Å². The van der Waals surface area contributed by atoms with E-state index in [-0.39, 0.29) is 17.5 Å². The summed E-state index contributed by atoms with van der Waals surface area (Å²) >= 11 is 0. The maximum Gasteiger partial charge on any atom is 0.407 e. The molecule has 11 nitrogen and oxygen atoms in total. The lowest BCUT2D eigenvalue weighted by atomic mass is 9.86. The van der Waals surface area contributed by atoms with Gasteiger partial charge in [-0.3, -0.25) is 10.1 Å². The van der Waals surface area contributed by atoms with Gasteiger partial charge < -0.3 is 26.4 Å². The van der Waals surface area contributed by atoms with Gasteiger partial charge in [0, 0.05) is 24.8 Å². The Kier molecular flexibility index (Phi) is 8.08. The Morgan fingerprint density at radius 1 is 1.18 bits per heavy atom. The number of rotatable bonds is 8. The van der Waals surface area contributed by atoms with Crippen LogP contribution in [0.4, 0.5) is 27.9 Å². The Morgan fingerprint density at radius 3 is 2.47 bits per heavy atom. The third-order valence-electron chi connectivity index (χ3n) is 5.52. The van der Waals surface area contributed by atoms with Crippen molar-refractivity contribution in [1.82, 2.24) is 15.3 Å². The van der Waals surface area contributed by atoms with Crippen molar-refractivity contribution in [3.05, 3.63) is 46.1 Å². The number of anilines is 3. The van der Waals surface area contributed by atoms with E-state index in [1.807, 2.05) is 32.9 Å². The Bertz CT molecular complexity index is 984. The molecule has 1 aromatic heterocycles. The molecule has 1 aliphatic rings. The molecular formula is C23H33N7O4. The van der Waals surface area contributed by atoms with Crippen LogP contribution < -0.4 is 21.7 Å². The summed E-state index contributed by atoms with van der Waals surface area (Å²) in [5.41, 5.74) is 6.67. The standard InChI is InChI=1S/C23H33N7O4/c1-23(2,3)34-22(31)28-18-10-6-16(7-11-18)12-25-20-19(30(32)33)14-27-21(29-20)26-13-15-4-8-17(24)9-5-15/h4-5,8-9,14,16,18H,6-7,10-13,24H2,1-3H3,(H,28,31)(H2,25,26,27,29). The zero-order chi connectivity index (χ0) is 24.7. The number of nitrogens with two attached hydrogens (primary N) is 1. The van der Waals surface area contributed by atoms with Crippen molar-refractivity contribution in [2.75, 3.05) is 22.9 Å². The van der Waals surface area contributed by atoms with E-state index in [0.717, 1.165) is 31.2 Å². The normalized spacial score (nSPS) is 18.1. The molecular weight excluding hydrogens is 438 g/mol. The van der Waals surface area contributed by atoms with E-state index in [2.05, 4.69) is 25.9 Å². The van der Waals surface area contributed by atoms with Gasteiger partial charge in [-0.2, -0.15) is 4.98 Å². The summed E-state index contributed by atoms with van der Waals surface area (Å²) in [4.78, 5) is 31.3. The second-order valence-corrected chi connectivity index (χ2v) is 9.52. The van der Waals surface area contributed by atoms with Crippen LogP contribution in [0.2, 0.25) is 0 Å². The number of carbonyl (C=O) groups excluding carboxylic acids is 1. The summed E-state index contributed by atoms with van der Waals surface area (Å²) in [6.45, 7) is 6.52. The number of amides is 1. The maximum atomic E-state index is 12.0. The Balaban J connectivity index is 1.52. The van der Waals surface area contributed by atoms with E-state index in [4.69, 9.17) is 10.5 Å². The van der Waals surface area contributed by atoms with Gasteiger partial charge in [-0.15, -0.1) is 0 Å². The monoisotopic (exact) mass is 471 g/mol. The van der Waals surface area contributed by atoms with E-state index in [1.54, 1.807) is 12.1 Å². The van der Waals surface area contributed by atoms with Crippen LogP contribution in [0.5, 0.6) is 0 Å². The van der Waals surface area contributed by atoms with Crippen molar-refractivity contribution in [2.45, 2.75) is 64.6 Å². The highest BCUT2D eigenvalue weighted by molar-refractivity contribution is 5.68. The summed E-state index contributed by atoms with van der Waals surface area (Å²) in [5.74, 6) is 0.807. The number of nitro groups is 1. The molecule has 0 aliphatic heterocycles. The minimum absolute atomic E-state index is 0.0728. The number of ether oxygens (including phenoxy) is 1. The summed E-state index contributed by atoms with van der Waals surface area (Å²) in [6, 6.07) is 7.46. The molecule has 11 heteroatoms. The van der Waals surface area contributed by atoms with Crippen molar-refractivity contribution in [1.29, 1.82) is 0 Å². The fourth-order valence-corrected chi connectivity index (χ4v) is 3.77. The molecule has 1 aliphatic carbocycles. The van der Waals surface area contributed by atoms with Gasteiger partial charge in [0.05, 0.1) is 4.92 Å². The number of nitrogens with one attached hydrogen (secondary N) is 3. The fraction of sp³-hybridized carbons (Fsp3) is 0.522. The number of nitrogen functional groups attached to an aromatic ring is 1. The van der Waals surface area contributed by atoms with Crippen LogP contribution in [0.3, 0.4) is 0 Å². The van der Waals surface area contributed by atoms with Crippen molar-refractivity contribution >= 4 is 29.2 Å². The number of aromatic nitrogens is 2. The van der Waals surface area contributed by atoms with Gasteiger partial charge >= 0.3 is 11.8 Å². The number of benzene rings is 1. The molecule has 1 aromatic carbocycles. The smallest absolute Gasteiger partial charge is 0.407 e. The largest absolute Gasteiger partial charge is 0.444 e. The Labute approximate surface area is 199 Å². The maximum absolute atomic E-state index is 12.0. The van der Waals surface area contributed by atoms with Crippen molar-refractivity contribution in [2.24, 2.45) is 5.92 Å². The quantitative estimate of drug-likeness (QED) is 0.253. The molecule has 0 saturated heterocycles. The van der Waals surface area contributed by atoms with Gasteiger partial charge in [0.25, 0.3) is 0 Å². The molecule has 0 bridgehead atoms. The fourth-order valence-electron chi connectivity index (χ4n) is 3.77. The van der Waals surface area contributed by atoms with Crippen LogP contribution in [-0.2, 0) is 11.3 Å². The molecule has 1 saturated carbocycles. The summed E-state index contributed by atoms with van der Waals surface area (Å²) in [7, 11) is 0. The molecule has 1 fully saturated rings. The number of hydrogen-bond donors (Lipinski definition) is 4. The molecule has 0 atom stereocenters. The van der Waals surface area contributed by atoms with Crippen LogP contribution >= 0.6 is 0 Å². The first-order valence-corrected chi connectivity index (χ1v) is 11.4. The van der Waals surface area contributed by atoms with Gasteiger partial charge in [0.15, 0.2) is 0 Å². The molecule has 2 aromatic rings. The minimum atomic E-state index is -0.528. The zero-order valence-corrected chi connectivity index (χ0v) is 19.8. The van der Waals surface area contributed by atoms with Crippen molar-refractivity contribution < 1.29 is 14.5 Å². The van der Waals surface area contributed by atoms with Crippen molar-refractivity contribution in [3.8, 4) is 0 Å². The van der Waals surface area contributed by atoms with Gasteiger partial charge in [0.2, 0.25) is 11.8 Å². The average molecular weight is 472 g/mol. The second-order valence-electron chi connectivity index (χ2n) is 9.52. The number of alkyl carbamates (subject to hydrolysis) is 1. The van der Waals surface area contributed by atoms with Gasteiger partial charge in [-0.05, 0) is 70.1 Å². The van der Waals surface area contributed by atoms with E-state index >= 15 is 0 Å². The predicted octanol–water partition coefficient (Wildman–Crippen LogP) is 4.07. The highest BCUT2D eigenvalue weighted by Gasteiger charge is 2.26. The second kappa shape index (κ2) is 11.0. The van der Waals surface area contributed by atoms with E-state index in [1.165, 1.54) is 6.20 Å². The van der Waals surface area contributed by atoms with Gasteiger partial charge in [-0.1, -0.05) is 12.1 Å². The van der Waals surface area contributed by atoms with Crippen LogP contribution in [0.1, 0.15) is 52.0 Å². The molecule has 5 N–H and O–H groups in total. The molecule has 0 unspecified atom stereocenters. The van der Waals surface area contributed by atoms with Gasteiger partial charge in [0.1, 0.15) is 11.8 Å². The Hall–Kier alpha value is -3.63. The average Bonchev–Trinajstić information content (AvgIpc) is 2.77. The Morgan fingerprint density at radius 2 is 1.85 bits per heavy atom. The molecule has 1 amide bonds. The predicted molar refractivity (Wildman–Crippen MR) is 130 cm³/mol. The highest BCUT2D eigenvalue weighted by atomic mass is 16.6. The first-order valence-electron chi connectivity index (χ1n) is 11.4. The van der Waals surface area contributed by atoms with E-state index in [0.29, 0.717) is 30.6 Å². The number of nitrogens with zero attached hydrogens (tertiary/aromatic N) is 3. The first-order chi connectivity index (χ1) is 16.1. The van der Waals surface area contributed by atoms with Crippen molar-refractivity contribution in [3.63, 3.8) is 0 Å². The molecule has 0 spiro atoms. The zero-order valence-electron chi connectivity index (χ0n) is 19.8. The van der Waals surface area contributed by atoms with E-state index < -0.39 is 16.6 Å². The minimum Gasteiger partial charge on any atom is -0.444 e. The molecule has 3 rings (SSSR count). The van der Waals surface area contributed by atoms with Gasteiger partial charge in [-0.25, -0.2) is 9.78 Å². The highest BCUT2D eigenvalue weighted by Crippen LogP contribution is 2.27. The third-order valence-corrected chi connectivity index (χ3v) is 5.52.